The zero-order valence-electron chi connectivity index (χ0n) is 14.2. The summed E-state index contributed by atoms with van der Waals surface area (Å²) in [5.41, 5.74) is 0.732. The molecule has 0 aliphatic carbocycles. The fourth-order valence-corrected chi connectivity index (χ4v) is 4.24. The maximum Gasteiger partial charge on any atom is 0.263 e. The van der Waals surface area contributed by atoms with Crippen molar-refractivity contribution in [2.75, 3.05) is 18.8 Å². The molecule has 2 atom stereocenters. The number of amides is 1. The summed E-state index contributed by atoms with van der Waals surface area (Å²) in [7, 11) is 0. The van der Waals surface area contributed by atoms with Gasteiger partial charge >= 0.3 is 0 Å². The van der Waals surface area contributed by atoms with Crippen LogP contribution in [0.25, 0.3) is 0 Å². The molecule has 0 spiro atoms. The van der Waals surface area contributed by atoms with Crippen LogP contribution >= 0.6 is 11.8 Å². The van der Waals surface area contributed by atoms with Gasteiger partial charge in [-0.1, -0.05) is 36.4 Å². The molecule has 1 heterocycles. The number of nitrogens with zero attached hydrogens (tertiary/aromatic N) is 1. The fourth-order valence-electron chi connectivity index (χ4n) is 2.99. The number of hydrogen-bond acceptors (Lipinski definition) is 3. The van der Waals surface area contributed by atoms with Gasteiger partial charge in [-0.15, -0.1) is 0 Å². The van der Waals surface area contributed by atoms with E-state index in [0.717, 1.165) is 17.7 Å². The molecule has 1 aliphatic heterocycles. The van der Waals surface area contributed by atoms with Crippen molar-refractivity contribution < 1.29 is 13.9 Å². The number of thioether (sulfide) groups is 1. The Kier molecular flexibility index (Phi) is 5.97. The average molecular weight is 359 g/mol. The van der Waals surface area contributed by atoms with E-state index < -0.39 is 6.10 Å². The Hall–Kier alpha value is -2.01. The van der Waals surface area contributed by atoms with Gasteiger partial charge in [0, 0.05) is 29.7 Å². The summed E-state index contributed by atoms with van der Waals surface area (Å²) in [5.74, 6) is 1.30. The number of halogens is 1. The smallest absolute Gasteiger partial charge is 0.263 e. The first-order valence-corrected chi connectivity index (χ1v) is 9.56. The summed E-state index contributed by atoms with van der Waals surface area (Å²) >= 11 is 1.71. The third kappa shape index (κ3) is 4.54. The third-order valence-electron chi connectivity index (χ3n) is 4.31. The number of hydrogen-bond donors (Lipinski definition) is 0. The van der Waals surface area contributed by atoms with Gasteiger partial charge in [0.05, 0.1) is 0 Å². The molecule has 0 aromatic heterocycles. The summed E-state index contributed by atoms with van der Waals surface area (Å²) in [5, 5.41) is 0.0874. The molecule has 3 nitrogen and oxygen atoms in total. The molecule has 5 heteroatoms. The molecule has 0 bridgehead atoms. The van der Waals surface area contributed by atoms with Gasteiger partial charge in [0.2, 0.25) is 0 Å². The SMILES string of the molecule is CC(Oc1ccccc1)C(=O)N1CCSC(c2ccccc2F)CC1. The van der Waals surface area contributed by atoms with E-state index in [-0.39, 0.29) is 17.0 Å². The van der Waals surface area contributed by atoms with Crippen LogP contribution in [0.15, 0.2) is 54.6 Å². The molecular weight excluding hydrogens is 337 g/mol. The molecule has 1 saturated heterocycles. The summed E-state index contributed by atoms with van der Waals surface area (Å²) in [6.45, 7) is 3.06. The molecule has 2 aromatic carbocycles. The molecule has 25 heavy (non-hydrogen) atoms. The lowest BCUT2D eigenvalue weighted by atomic mass is 10.1. The van der Waals surface area contributed by atoms with E-state index in [0.29, 0.717) is 18.8 Å². The van der Waals surface area contributed by atoms with Gasteiger partial charge in [0.1, 0.15) is 11.6 Å². The predicted octanol–water partition coefficient (Wildman–Crippen LogP) is 4.30. The van der Waals surface area contributed by atoms with E-state index >= 15 is 0 Å². The summed E-state index contributed by atoms with van der Waals surface area (Å²) in [4.78, 5) is 14.5. The van der Waals surface area contributed by atoms with Crippen molar-refractivity contribution in [1.82, 2.24) is 4.90 Å². The number of carbonyl (C=O) groups excluding carboxylic acids is 1. The predicted molar refractivity (Wildman–Crippen MR) is 99.3 cm³/mol. The second-order valence-corrected chi connectivity index (χ2v) is 7.38. The first kappa shape index (κ1) is 17.8. The standard InChI is InChI=1S/C20H22FNO2S/c1-15(24-16-7-3-2-4-8-16)20(23)22-12-11-19(25-14-13-22)17-9-5-6-10-18(17)21/h2-10,15,19H,11-14H2,1H3. The molecule has 0 radical (unpaired) electrons. The van der Waals surface area contributed by atoms with Gasteiger partial charge in [-0.05, 0) is 31.5 Å². The molecular formula is C20H22FNO2S. The molecule has 132 valence electrons. The lowest BCUT2D eigenvalue weighted by molar-refractivity contribution is -0.137. The Morgan fingerprint density at radius 3 is 2.64 bits per heavy atom. The summed E-state index contributed by atoms with van der Waals surface area (Å²) < 4.78 is 19.8. The summed E-state index contributed by atoms with van der Waals surface area (Å²) in [6, 6.07) is 16.3. The van der Waals surface area contributed by atoms with E-state index in [4.69, 9.17) is 4.74 Å². The molecule has 3 rings (SSSR count). The first-order valence-electron chi connectivity index (χ1n) is 8.51. The molecule has 0 N–H and O–H groups in total. The van der Waals surface area contributed by atoms with Crippen molar-refractivity contribution in [3.8, 4) is 5.75 Å². The molecule has 1 fully saturated rings. The van der Waals surface area contributed by atoms with Gasteiger partial charge in [0.25, 0.3) is 5.91 Å². The normalized spacial score (nSPS) is 19.1. The van der Waals surface area contributed by atoms with Crippen molar-refractivity contribution in [3.05, 3.63) is 66.0 Å². The third-order valence-corrected chi connectivity index (χ3v) is 5.62. The van der Waals surface area contributed by atoms with E-state index in [1.165, 1.54) is 6.07 Å². The van der Waals surface area contributed by atoms with Crippen LogP contribution in [-0.2, 0) is 4.79 Å². The Labute approximate surface area is 152 Å². The number of para-hydroxylation sites is 1. The van der Waals surface area contributed by atoms with Crippen LogP contribution in [0.4, 0.5) is 4.39 Å². The van der Waals surface area contributed by atoms with Gasteiger partial charge in [-0.3, -0.25) is 4.79 Å². The van der Waals surface area contributed by atoms with Gasteiger partial charge < -0.3 is 9.64 Å². The Balaban J connectivity index is 1.60. The highest BCUT2D eigenvalue weighted by Gasteiger charge is 2.27. The highest BCUT2D eigenvalue weighted by Crippen LogP contribution is 2.35. The highest BCUT2D eigenvalue weighted by atomic mass is 32.2. The van der Waals surface area contributed by atoms with Crippen molar-refractivity contribution >= 4 is 17.7 Å². The maximum atomic E-state index is 14.0. The van der Waals surface area contributed by atoms with E-state index in [2.05, 4.69) is 0 Å². The number of ether oxygens (including phenoxy) is 1. The van der Waals surface area contributed by atoms with E-state index in [9.17, 15) is 9.18 Å². The van der Waals surface area contributed by atoms with Crippen LogP contribution in [0.5, 0.6) is 5.75 Å². The van der Waals surface area contributed by atoms with Crippen LogP contribution in [-0.4, -0.2) is 35.8 Å². The van der Waals surface area contributed by atoms with Gasteiger partial charge in [-0.2, -0.15) is 11.8 Å². The maximum absolute atomic E-state index is 14.0. The monoisotopic (exact) mass is 359 g/mol. The van der Waals surface area contributed by atoms with Gasteiger partial charge in [-0.25, -0.2) is 4.39 Å². The molecule has 2 unspecified atom stereocenters. The van der Waals surface area contributed by atoms with Crippen LogP contribution in [0.3, 0.4) is 0 Å². The second-order valence-electron chi connectivity index (χ2n) is 6.07. The lowest BCUT2D eigenvalue weighted by Gasteiger charge is -2.24. The van der Waals surface area contributed by atoms with Crippen LogP contribution < -0.4 is 4.74 Å². The number of rotatable bonds is 4. The Morgan fingerprint density at radius 2 is 1.88 bits per heavy atom. The highest BCUT2D eigenvalue weighted by molar-refractivity contribution is 7.99. The van der Waals surface area contributed by atoms with Gasteiger partial charge in [0.15, 0.2) is 6.10 Å². The van der Waals surface area contributed by atoms with E-state index in [1.54, 1.807) is 24.8 Å². The first-order chi connectivity index (χ1) is 12.1. The molecule has 1 amide bonds. The zero-order chi connectivity index (χ0) is 17.6. The van der Waals surface area contributed by atoms with Crippen LogP contribution in [0, 0.1) is 5.82 Å². The van der Waals surface area contributed by atoms with Crippen LogP contribution in [0.2, 0.25) is 0 Å². The minimum Gasteiger partial charge on any atom is -0.481 e. The van der Waals surface area contributed by atoms with Crippen LogP contribution in [0.1, 0.15) is 24.2 Å². The molecule has 2 aromatic rings. The topological polar surface area (TPSA) is 29.5 Å². The van der Waals surface area contributed by atoms with Crippen molar-refractivity contribution in [2.24, 2.45) is 0 Å². The van der Waals surface area contributed by atoms with Crippen molar-refractivity contribution in [1.29, 1.82) is 0 Å². The zero-order valence-corrected chi connectivity index (χ0v) is 15.0. The number of benzene rings is 2. The molecule has 0 saturated carbocycles. The average Bonchev–Trinajstić information content (AvgIpc) is 2.88. The number of carbonyl (C=O) groups is 1. The second kappa shape index (κ2) is 8.39. The van der Waals surface area contributed by atoms with Crippen molar-refractivity contribution in [3.63, 3.8) is 0 Å². The lowest BCUT2D eigenvalue weighted by Crippen LogP contribution is -2.41. The minimum atomic E-state index is -0.530. The quantitative estimate of drug-likeness (QED) is 0.815. The molecule has 1 aliphatic rings. The Bertz CT molecular complexity index is 710. The van der Waals surface area contributed by atoms with Crippen molar-refractivity contribution in [2.45, 2.75) is 24.7 Å². The van der Waals surface area contributed by atoms with E-state index in [1.807, 2.05) is 47.4 Å². The minimum absolute atomic E-state index is 0.0152. The Morgan fingerprint density at radius 1 is 1.16 bits per heavy atom. The largest absolute Gasteiger partial charge is 0.481 e. The summed E-state index contributed by atoms with van der Waals surface area (Å²) in [6.07, 6.45) is 0.215. The fraction of sp³-hybridized carbons (Fsp3) is 0.350.